The molecule has 0 spiro atoms. The summed E-state index contributed by atoms with van der Waals surface area (Å²) in [6, 6.07) is 7.80. The Morgan fingerprint density at radius 3 is 2.70 bits per heavy atom. The van der Waals surface area contributed by atoms with Crippen molar-refractivity contribution in [3.63, 3.8) is 0 Å². The zero-order valence-corrected chi connectivity index (χ0v) is 12.2. The van der Waals surface area contributed by atoms with Crippen molar-refractivity contribution in [2.45, 2.75) is 38.6 Å². The summed E-state index contributed by atoms with van der Waals surface area (Å²) in [4.78, 5) is 14.7. The molecule has 2 N–H and O–H groups in total. The zero-order chi connectivity index (χ0) is 14.4. The fraction of sp³-hybridized carbons (Fsp3) is 0.562. The topological polar surface area (TPSA) is 55.6 Å². The summed E-state index contributed by atoms with van der Waals surface area (Å²) in [5.41, 5.74) is 6.33. The van der Waals surface area contributed by atoms with Crippen molar-refractivity contribution in [3.8, 4) is 5.75 Å². The molecule has 1 fully saturated rings. The van der Waals surface area contributed by atoms with Crippen LogP contribution in [0.5, 0.6) is 5.75 Å². The van der Waals surface area contributed by atoms with Crippen molar-refractivity contribution in [3.05, 3.63) is 29.8 Å². The minimum Gasteiger partial charge on any atom is -0.493 e. The predicted octanol–water partition coefficient (Wildman–Crippen LogP) is 2.43. The smallest absolute Gasteiger partial charge is 0.257 e. The van der Waals surface area contributed by atoms with Crippen LogP contribution in [0.3, 0.4) is 0 Å². The minimum absolute atomic E-state index is 0.0476. The Kier molecular flexibility index (Phi) is 5.41. The number of amides is 1. The lowest BCUT2D eigenvalue weighted by atomic mass is 10.1. The molecular weight excluding hydrogens is 252 g/mol. The maximum Gasteiger partial charge on any atom is 0.257 e. The standard InChI is InChI=1S/C16H24N2O2/c1-2-20-15-10-6-5-9-14(15)16(19)18(12-11-17)13-7-3-4-8-13/h5-6,9-10,13H,2-4,7-8,11-12,17H2,1H3. The largest absolute Gasteiger partial charge is 0.493 e. The van der Waals surface area contributed by atoms with Gasteiger partial charge in [-0.05, 0) is 31.9 Å². The fourth-order valence-corrected chi connectivity index (χ4v) is 2.88. The van der Waals surface area contributed by atoms with Crippen LogP contribution in [0.2, 0.25) is 0 Å². The summed E-state index contributed by atoms with van der Waals surface area (Å²) in [5.74, 6) is 0.714. The number of para-hydroxylation sites is 1. The van der Waals surface area contributed by atoms with Gasteiger partial charge in [0.05, 0.1) is 12.2 Å². The predicted molar refractivity (Wildman–Crippen MR) is 80.0 cm³/mol. The van der Waals surface area contributed by atoms with Crippen LogP contribution in [-0.2, 0) is 0 Å². The number of benzene rings is 1. The second-order valence-corrected chi connectivity index (χ2v) is 5.15. The van der Waals surface area contributed by atoms with E-state index in [1.165, 1.54) is 12.8 Å². The lowest BCUT2D eigenvalue weighted by Gasteiger charge is -2.29. The molecule has 20 heavy (non-hydrogen) atoms. The van der Waals surface area contributed by atoms with Crippen molar-refractivity contribution < 1.29 is 9.53 Å². The summed E-state index contributed by atoms with van der Waals surface area (Å²) in [6.07, 6.45) is 4.57. The monoisotopic (exact) mass is 276 g/mol. The summed E-state index contributed by atoms with van der Waals surface area (Å²) in [7, 11) is 0. The SMILES string of the molecule is CCOc1ccccc1C(=O)N(CCN)C1CCCC1. The molecule has 4 heteroatoms. The van der Waals surface area contributed by atoms with Crippen LogP contribution in [0, 0.1) is 0 Å². The van der Waals surface area contributed by atoms with Gasteiger partial charge in [-0.25, -0.2) is 0 Å². The average Bonchev–Trinajstić information content (AvgIpc) is 2.99. The summed E-state index contributed by atoms with van der Waals surface area (Å²) >= 11 is 0. The van der Waals surface area contributed by atoms with Gasteiger partial charge in [0.25, 0.3) is 5.91 Å². The van der Waals surface area contributed by atoms with Gasteiger partial charge < -0.3 is 15.4 Å². The Hall–Kier alpha value is -1.55. The molecule has 110 valence electrons. The highest BCUT2D eigenvalue weighted by Gasteiger charge is 2.28. The van der Waals surface area contributed by atoms with E-state index in [9.17, 15) is 4.79 Å². The van der Waals surface area contributed by atoms with Gasteiger partial charge in [0, 0.05) is 19.1 Å². The molecule has 0 saturated heterocycles. The van der Waals surface area contributed by atoms with Crippen LogP contribution >= 0.6 is 0 Å². The molecule has 1 aromatic rings. The number of hydrogen-bond acceptors (Lipinski definition) is 3. The highest BCUT2D eigenvalue weighted by Crippen LogP contribution is 2.27. The van der Waals surface area contributed by atoms with Crippen LogP contribution < -0.4 is 10.5 Å². The number of carbonyl (C=O) groups excluding carboxylic acids is 1. The van der Waals surface area contributed by atoms with E-state index < -0.39 is 0 Å². The van der Waals surface area contributed by atoms with Crippen molar-refractivity contribution in [2.75, 3.05) is 19.7 Å². The van der Waals surface area contributed by atoms with Gasteiger partial charge in [-0.2, -0.15) is 0 Å². The summed E-state index contributed by atoms with van der Waals surface area (Å²) in [6.45, 7) is 3.60. The molecule has 1 aromatic carbocycles. The van der Waals surface area contributed by atoms with Gasteiger partial charge in [-0.3, -0.25) is 4.79 Å². The summed E-state index contributed by atoms with van der Waals surface area (Å²) in [5, 5.41) is 0. The molecule has 1 aliphatic carbocycles. The fourth-order valence-electron chi connectivity index (χ4n) is 2.88. The second kappa shape index (κ2) is 7.29. The molecule has 0 atom stereocenters. The number of nitrogens with two attached hydrogens (primary N) is 1. The van der Waals surface area contributed by atoms with Gasteiger partial charge >= 0.3 is 0 Å². The maximum atomic E-state index is 12.8. The van der Waals surface area contributed by atoms with E-state index in [2.05, 4.69) is 0 Å². The van der Waals surface area contributed by atoms with Crippen LogP contribution in [0.15, 0.2) is 24.3 Å². The Balaban J connectivity index is 2.22. The Bertz CT molecular complexity index is 442. The first kappa shape index (κ1) is 14.9. The molecule has 0 unspecified atom stereocenters. The van der Waals surface area contributed by atoms with Crippen molar-refractivity contribution in [1.29, 1.82) is 0 Å². The van der Waals surface area contributed by atoms with E-state index in [1.807, 2.05) is 36.1 Å². The van der Waals surface area contributed by atoms with E-state index >= 15 is 0 Å². The lowest BCUT2D eigenvalue weighted by Crippen LogP contribution is -2.42. The first-order chi connectivity index (χ1) is 9.77. The van der Waals surface area contributed by atoms with Crippen LogP contribution in [-0.4, -0.2) is 36.5 Å². The third-order valence-corrected chi connectivity index (χ3v) is 3.81. The van der Waals surface area contributed by atoms with Crippen molar-refractivity contribution in [1.82, 2.24) is 4.90 Å². The molecule has 4 nitrogen and oxygen atoms in total. The molecule has 0 aromatic heterocycles. The van der Waals surface area contributed by atoms with Gasteiger partial charge in [-0.1, -0.05) is 25.0 Å². The molecule has 0 bridgehead atoms. The molecule has 2 rings (SSSR count). The molecule has 0 radical (unpaired) electrons. The van der Waals surface area contributed by atoms with E-state index in [4.69, 9.17) is 10.5 Å². The second-order valence-electron chi connectivity index (χ2n) is 5.15. The van der Waals surface area contributed by atoms with Crippen LogP contribution in [0.25, 0.3) is 0 Å². The minimum atomic E-state index is 0.0476. The number of carbonyl (C=O) groups is 1. The van der Waals surface area contributed by atoms with E-state index in [-0.39, 0.29) is 5.91 Å². The van der Waals surface area contributed by atoms with Crippen molar-refractivity contribution >= 4 is 5.91 Å². The number of rotatable bonds is 6. The summed E-state index contributed by atoms with van der Waals surface area (Å²) < 4.78 is 5.57. The Morgan fingerprint density at radius 2 is 2.05 bits per heavy atom. The van der Waals surface area contributed by atoms with Gasteiger partial charge in [-0.15, -0.1) is 0 Å². The number of ether oxygens (including phenoxy) is 1. The molecule has 1 amide bonds. The Labute approximate surface area is 120 Å². The van der Waals surface area contributed by atoms with Crippen LogP contribution in [0.1, 0.15) is 43.0 Å². The van der Waals surface area contributed by atoms with E-state index in [0.717, 1.165) is 12.8 Å². The molecule has 0 aliphatic heterocycles. The third kappa shape index (κ3) is 3.31. The van der Waals surface area contributed by atoms with Crippen LogP contribution in [0.4, 0.5) is 0 Å². The highest BCUT2D eigenvalue weighted by molar-refractivity contribution is 5.97. The normalized spacial score (nSPS) is 15.3. The van der Waals surface area contributed by atoms with Crippen molar-refractivity contribution in [2.24, 2.45) is 5.73 Å². The molecule has 1 saturated carbocycles. The maximum absolute atomic E-state index is 12.8. The molecule has 1 aliphatic rings. The first-order valence-corrected chi connectivity index (χ1v) is 7.50. The van der Waals surface area contributed by atoms with Gasteiger partial charge in [0.2, 0.25) is 0 Å². The van der Waals surface area contributed by atoms with E-state index in [1.54, 1.807) is 0 Å². The average molecular weight is 276 g/mol. The highest BCUT2D eigenvalue weighted by atomic mass is 16.5. The van der Waals surface area contributed by atoms with Gasteiger partial charge in [0.1, 0.15) is 5.75 Å². The first-order valence-electron chi connectivity index (χ1n) is 7.50. The lowest BCUT2D eigenvalue weighted by molar-refractivity contribution is 0.0684. The quantitative estimate of drug-likeness (QED) is 0.868. The zero-order valence-electron chi connectivity index (χ0n) is 12.2. The molecule has 0 heterocycles. The number of hydrogen-bond donors (Lipinski definition) is 1. The molecular formula is C16H24N2O2. The van der Waals surface area contributed by atoms with E-state index in [0.29, 0.717) is 37.1 Å². The third-order valence-electron chi connectivity index (χ3n) is 3.81. The Morgan fingerprint density at radius 1 is 1.35 bits per heavy atom. The number of nitrogens with zero attached hydrogens (tertiary/aromatic N) is 1. The van der Waals surface area contributed by atoms with Gasteiger partial charge in [0.15, 0.2) is 0 Å².